The minimum absolute atomic E-state index is 0.642. The number of fused-ring (bicyclic) bond motifs is 1. The lowest BCUT2D eigenvalue weighted by atomic mass is 10.1. The molecule has 0 saturated heterocycles. The highest BCUT2D eigenvalue weighted by molar-refractivity contribution is 8.00. The van der Waals surface area contributed by atoms with E-state index in [0.29, 0.717) is 10.9 Å². The molecule has 0 bridgehead atoms. The van der Waals surface area contributed by atoms with E-state index >= 15 is 0 Å². The van der Waals surface area contributed by atoms with Gasteiger partial charge in [0, 0.05) is 10.9 Å². The van der Waals surface area contributed by atoms with E-state index in [9.17, 15) is 9.90 Å². The first-order valence-corrected chi connectivity index (χ1v) is 10.1. The fourth-order valence-corrected chi connectivity index (χ4v) is 5.11. The first-order valence-electron chi connectivity index (χ1n) is 8.39. The van der Waals surface area contributed by atoms with Gasteiger partial charge in [-0.05, 0) is 18.1 Å². The fraction of sp³-hybridized carbons (Fsp3) is 0.0952. The summed E-state index contributed by atoms with van der Waals surface area (Å²) in [6.07, 6.45) is 0. The van der Waals surface area contributed by atoms with Crippen LogP contribution in [0.25, 0.3) is 21.3 Å². The molecule has 2 heterocycles. The van der Waals surface area contributed by atoms with Crippen molar-refractivity contribution in [2.75, 3.05) is 0 Å². The fourth-order valence-electron chi connectivity index (χ4n) is 2.93. The molecular formula is C21H16N2O2S2. The van der Waals surface area contributed by atoms with Gasteiger partial charge in [0.25, 0.3) is 0 Å². The third kappa shape index (κ3) is 3.59. The number of rotatable bonds is 5. The zero-order valence-electron chi connectivity index (χ0n) is 14.5. The Labute approximate surface area is 164 Å². The van der Waals surface area contributed by atoms with Gasteiger partial charge < -0.3 is 5.11 Å². The average Bonchev–Trinajstić information content (AvgIpc) is 3.11. The molecule has 0 amide bonds. The third-order valence-corrected chi connectivity index (χ3v) is 6.25. The molecule has 1 atom stereocenters. The normalized spacial score (nSPS) is 12.2. The molecule has 1 unspecified atom stereocenters. The number of aliphatic carboxylic acids is 1. The minimum atomic E-state index is -0.882. The summed E-state index contributed by atoms with van der Waals surface area (Å²) in [5.74, 6) is -0.240. The lowest BCUT2D eigenvalue weighted by Gasteiger charge is -2.13. The highest BCUT2D eigenvalue weighted by Gasteiger charge is 2.25. The number of thioether (sulfide) groups is 1. The van der Waals surface area contributed by atoms with Crippen LogP contribution in [0.1, 0.15) is 16.6 Å². The van der Waals surface area contributed by atoms with Crippen LogP contribution in [0.3, 0.4) is 0 Å². The topological polar surface area (TPSA) is 63.1 Å². The van der Waals surface area contributed by atoms with Gasteiger partial charge >= 0.3 is 5.97 Å². The van der Waals surface area contributed by atoms with Crippen LogP contribution in [0.4, 0.5) is 0 Å². The van der Waals surface area contributed by atoms with E-state index in [1.165, 1.54) is 11.8 Å². The number of hydrogen-bond acceptors (Lipinski definition) is 5. The van der Waals surface area contributed by atoms with Crippen LogP contribution in [0.2, 0.25) is 0 Å². The number of aryl methyl sites for hydroxylation is 1. The van der Waals surface area contributed by atoms with Crippen molar-refractivity contribution in [1.82, 2.24) is 9.97 Å². The van der Waals surface area contributed by atoms with Crippen molar-refractivity contribution in [3.05, 3.63) is 77.4 Å². The Morgan fingerprint density at radius 2 is 1.70 bits per heavy atom. The van der Waals surface area contributed by atoms with Crippen molar-refractivity contribution in [3.63, 3.8) is 0 Å². The molecule has 2 aromatic carbocycles. The average molecular weight is 393 g/mol. The molecule has 0 spiro atoms. The van der Waals surface area contributed by atoms with E-state index < -0.39 is 11.2 Å². The SMILES string of the molecule is Cc1nc(SC(C(=O)O)c2ccccc2)c2c(-c3ccccc3)csc2n1. The van der Waals surface area contributed by atoms with Crippen molar-refractivity contribution >= 4 is 39.3 Å². The maximum atomic E-state index is 12.0. The second-order valence-corrected chi connectivity index (χ2v) is 7.97. The number of carboxylic acids is 1. The van der Waals surface area contributed by atoms with E-state index in [1.54, 1.807) is 11.3 Å². The van der Waals surface area contributed by atoms with Gasteiger partial charge in [-0.1, -0.05) is 72.4 Å². The third-order valence-electron chi connectivity index (χ3n) is 4.15. The molecule has 0 aliphatic heterocycles. The molecule has 0 aliphatic carbocycles. The van der Waals surface area contributed by atoms with Crippen LogP contribution >= 0.6 is 23.1 Å². The van der Waals surface area contributed by atoms with Crippen molar-refractivity contribution in [2.45, 2.75) is 17.2 Å². The summed E-state index contributed by atoms with van der Waals surface area (Å²) in [4.78, 5) is 22.0. The lowest BCUT2D eigenvalue weighted by molar-refractivity contribution is -0.136. The standard InChI is InChI=1S/C21H16N2O2S2/c1-13-22-19-17(16(12-26-19)14-8-4-2-5-9-14)20(23-13)27-18(21(24)25)15-10-6-3-7-11-15/h2-12,18H,1H3,(H,24,25). The van der Waals surface area contributed by atoms with Crippen LogP contribution in [0.5, 0.6) is 0 Å². The van der Waals surface area contributed by atoms with Crippen LogP contribution < -0.4 is 0 Å². The summed E-state index contributed by atoms with van der Waals surface area (Å²) in [6, 6.07) is 19.3. The number of aromatic nitrogens is 2. The van der Waals surface area contributed by atoms with E-state index in [1.807, 2.05) is 67.6 Å². The maximum Gasteiger partial charge on any atom is 0.321 e. The van der Waals surface area contributed by atoms with Crippen molar-refractivity contribution < 1.29 is 9.90 Å². The summed E-state index contributed by atoms with van der Waals surface area (Å²) >= 11 is 2.82. The number of carbonyl (C=O) groups is 1. The summed E-state index contributed by atoms with van der Waals surface area (Å²) < 4.78 is 0. The number of carboxylic acid groups (broad SMARTS) is 1. The van der Waals surface area contributed by atoms with Crippen molar-refractivity contribution in [1.29, 1.82) is 0 Å². The Kier molecular flexibility index (Phi) is 4.92. The molecule has 1 N–H and O–H groups in total. The lowest BCUT2D eigenvalue weighted by Crippen LogP contribution is -2.08. The quantitative estimate of drug-likeness (QED) is 0.355. The van der Waals surface area contributed by atoms with Gasteiger partial charge in [-0.15, -0.1) is 11.3 Å². The molecule has 0 aliphatic rings. The van der Waals surface area contributed by atoms with Gasteiger partial charge in [-0.3, -0.25) is 4.79 Å². The Morgan fingerprint density at radius 1 is 1.04 bits per heavy atom. The van der Waals surface area contributed by atoms with Gasteiger partial charge in [0.1, 0.15) is 20.9 Å². The minimum Gasteiger partial charge on any atom is -0.480 e. The van der Waals surface area contributed by atoms with E-state index in [-0.39, 0.29) is 0 Å². The smallest absolute Gasteiger partial charge is 0.321 e. The number of hydrogen-bond donors (Lipinski definition) is 1. The largest absolute Gasteiger partial charge is 0.480 e. The van der Waals surface area contributed by atoms with E-state index in [2.05, 4.69) is 15.3 Å². The van der Waals surface area contributed by atoms with Crippen LogP contribution in [0, 0.1) is 6.92 Å². The highest BCUT2D eigenvalue weighted by atomic mass is 32.2. The van der Waals surface area contributed by atoms with Gasteiger partial charge in [0.05, 0.1) is 5.39 Å². The molecule has 0 radical (unpaired) electrons. The monoisotopic (exact) mass is 392 g/mol. The summed E-state index contributed by atoms with van der Waals surface area (Å²) in [5.41, 5.74) is 2.86. The second kappa shape index (κ2) is 7.50. The molecule has 0 saturated carbocycles. The van der Waals surface area contributed by atoms with Crippen LogP contribution in [-0.2, 0) is 4.79 Å². The molecule has 4 rings (SSSR count). The van der Waals surface area contributed by atoms with Gasteiger partial charge in [0.2, 0.25) is 0 Å². The molecule has 6 heteroatoms. The molecule has 27 heavy (non-hydrogen) atoms. The van der Waals surface area contributed by atoms with Crippen LogP contribution in [0.15, 0.2) is 71.1 Å². The Morgan fingerprint density at radius 3 is 2.37 bits per heavy atom. The number of benzene rings is 2. The van der Waals surface area contributed by atoms with E-state index in [4.69, 9.17) is 0 Å². The van der Waals surface area contributed by atoms with Gasteiger partial charge in [-0.2, -0.15) is 0 Å². The van der Waals surface area contributed by atoms with Crippen molar-refractivity contribution in [3.8, 4) is 11.1 Å². The molecule has 134 valence electrons. The predicted molar refractivity (Wildman–Crippen MR) is 110 cm³/mol. The maximum absolute atomic E-state index is 12.0. The Balaban J connectivity index is 1.85. The number of nitrogens with zero attached hydrogens (tertiary/aromatic N) is 2. The molecule has 0 fully saturated rings. The molecular weight excluding hydrogens is 376 g/mol. The zero-order valence-corrected chi connectivity index (χ0v) is 16.1. The Bertz CT molecular complexity index is 1100. The van der Waals surface area contributed by atoms with Gasteiger partial charge in [-0.25, -0.2) is 9.97 Å². The first kappa shape index (κ1) is 17.7. The van der Waals surface area contributed by atoms with E-state index in [0.717, 1.165) is 26.9 Å². The summed E-state index contributed by atoms with van der Waals surface area (Å²) in [6.45, 7) is 1.84. The highest BCUT2D eigenvalue weighted by Crippen LogP contribution is 2.43. The zero-order chi connectivity index (χ0) is 18.8. The molecule has 2 aromatic heterocycles. The Hall–Kier alpha value is -2.70. The molecule has 4 nitrogen and oxygen atoms in total. The second-order valence-electron chi connectivity index (χ2n) is 6.02. The first-order chi connectivity index (χ1) is 13.1. The van der Waals surface area contributed by atoms with Crippen LogP contribution in [-0.4, -0.2) is 21.0 Å². The summed E-state index contributed by atoms with van der Waals surface area (Å²) in [5, 5.41) is 12.8. The molecule has 4 aromatic rings. The van der Waals surface area contributed by atoms with Crippen molar-refractivity contribution in [2.24, 2.45) is 0 Å². The van der Waals surface area contributed by atoms with Gasteiger partial charge in [0.15, 0.2) is 0 Å². The summed E-state index contributed by atoms with van der Waals surface area (Å²) in [7, 11) is 0. The predicted octanol–water partition coefficient (Wildman–Crippen LogP) is 5.58. The number of thiophene rings is 1.